The van der Waals surface area contributed by atoms with E-state index in [9.17, 15) is 31.2 Å². The molecule has 0 aromatic heterocycles. The molecule has 47 heavy (non-hydrogen) atoms. The zero-order valence-electron chi connectivity index (χ0n) is 25.5. The van der Waals surface area contributed by atoms with E-state index in [2.05, 4.69) is 21.2 Å². The maximum Gasteiger partial charge on any atom is 0.417 e. The minimum atomic E-state index is -4.90. The van der Waals surface area contributed by atoms with Crippen molar-refractivity contribution in [3.63, 3.8) is 0 Å². The number of nitrogens with one attached hydrogen (secondary N) is 1. The standard InChI is InChI=1S/C34H32BrClF3N3O4S/c1-3-40-33(44)31(19-24-8-5-4-6-9-24)41(21-25-10-7-11-26(35)18-25)32(43)22-42(47(45,46)28-15-12-23(2)13-16-28)27-14-17-30(36)29(20-27)34(37,38)39/h4-18,20,31H,3,19,21-22H2,1-2H3,(H,40,44)/t31-/m0/s1. The number of amides is 2. The van der Waals surface area contributed by atoms with Gasteiger partial charge in [-0.1, -0.05) is 87.7 Å². The van der Waals surface area contributed by atoms with Gasteiger partial charge in [0.2, 0.25) is 11.8 Å². The Balaban J connectivity index is 1.86. The SMILES string of the molecule is CCNC(=O)[C@H](Cc1ccccc1)N(Cc1cccc(Br)c1)C(=O)CN(c1ccc(Cl)c(C(F)(F)F)c1)S(=O)(=O)c1ccc(C)cc1. The Labute approximate surface area is 285 Å². The summed E-state index contributed by atoms with van der Waals surface area (Å²) in [4.78, 5) is 29.0. The molecule has 0 saturated heterocycles. The Morgan fingerprint density at radius 3 is 2.19 bits per heavy atom. The van der Waals surface area contributed by atoms with E-state index in [0.29, 0.717) is 20.4 Å². The minimum Gasteiger partial charge on any atom is -0.355 e. The fraction of sp³-hybridized carbons (Fsp3) is 0.235. The van der Waals surface area contributed by atoms with Crippen molar-refractivity contribution in [2.75, 3.05) is 17.4 Å². The van der Waals surface area contributed by atoms with Gasteiger partial charge >= 0.3 is 6.18 Å². The van der Waals surface area contributed by atoms with Crippen LogP contribution in [0.5, 0.6) is 0 Å². The van der Waals surface area contributed by atoms with Crippen molar-refractivity contribution in [1.29, 1.82) is 0 Å². The second-order valence-electron chi connectivity index (χ2n) is 10.7. The lowest BCUT2D eigenvalue weighted by atomic mass is 10.0. The number of aryl methyl sites for hydroxylation is 1. The van der Waals surface area contributed by atoms with Crippen LogP contribution >= 0.6 is 27.5 Å². The van der Waals surface area contributed by atoms with Gasteiger partial charge in [-0.05, 0) is 67.4 Å². The molecule has 7 nitrogen and oxygen atoms in total. The third-order valence-corrected chi connectivity index (χ3v) is 9.91. The maximum absolute atomic E-state index is 14.4. The fourth-order valence-corrected chi connectivity index (χ4v) is 7.01. The van der Waals surface area contributed by atoms with Crippen LogP contribution in [-0.2, 0) is 38.8 Å². The van der Waals surface area contributed by atoms with E-state index in [1.165, 1.54) is 17.0 Å². The molecule has 0 unspecified atom stereocenters. The summed E-state index contributed by atoms with van der Waals surface area (Å²) in [7, 11) is -4.60. The van der Waals surface area contributed by atoms with Crippen molar-refractivity contribution < 1.29 is 31.2 Å². The molecule has 4 aromatic rings. The van der Waals surface area contributed by atoms with Gasteiger partial charge < -0.3 is 10.2 Å². The van der Waals surface area contributed by atoms with Crippen molar-refractivity contribution in [3.05, 3.63) is 129 Å². The lowest BCUT2D eigenvalue weighted by Crippen LogP contribution is -2.53. The number of hydrogen-bond acceptors (Lipinski definition) is 4. The van der Waals surface area contributed by atoms with Crippen molar-refractivity contribution in [3.8, 4) is 0 Å². The van der Waals surface area contributed by atoms with Crippen LogP contribution in [0.4, 0.5) is 18.9 Å². The maximum atomic E-state index is 14.4. The van der Waals surface area contributed by atoms with Crippen molar-refractivity contribution in [2.45, 2.75) is 43.9 Å². The lowest BCUT2D eigenvalue weighted by Gasteiger charge is -2.34. The zero-order chi connectivity index (χ0) is 34.4. The molecule has 0 fully saturated rings. The van der Waals surface area contributed by atoms with Crippen LogP contribution in [0, 0.1) is 6.92 Å². The molecule has 0 saturated carbocycles. The van der Waals surface area contributed by atoms with Crippen LogP contribution in [0.1, 0.15) is 29.2 Å². The van der Waals surface area contributed by atoms with Crippen LogP contribution in [0.15, 0.2) is 106 Å². The number of likely N-dealkylation sites (N-methyl/N-ethyl adjacent to an activating group) is 1. The quantitative estimate of drug-likeness (QED) is 0.164. The molecular weight excluding hydrogens is 719 g/mol. The molecule has 0 spiro atoms. The second kappa shape index (κ2) is 15.4. The molecule has 13 heteroatoms. The highest BCUT2D eigenvalue weighted by atomic mass is 79.9. The average molecular weight is 751 g/mol. The number of sulfonamides is 1. The number of halogens is 5. The molecule has 0 aliphatic rings. The smallest absolute Gasteiger partial charge is 0.355 e. The number of anilines is 1. The van der Waals surface area contributed by atoms with E-state index < -0.39 is 56.9 Å². The Morgan fingerprint density at radius 2 is 1.57 bits per heavy atom. The molecule has 2 amide bonds. The van der Waals surface area contributed by atoms with Crippen molar-refractivity contribution in [1.82, 2.24) is 10.2 Å². The Kier molecular flexibility index (Phi) is 11.8. The second-order valence-corrected chi connectivity index (χ2v) is 13.9. The molecule has 248 valence electrons. The molecule has 4 aromatic carbocycles. The number of carbonyl (C=O) groups excluding carboxylic acids is 2. The number of hydrogen-bond donors (Lipinski definition) is 1. The summed E-state index contributed by atoms with van der Waals surface area (Å²) >= 11 is 9.28. The van der Waals surface area contributed by atoms with Gasteiger partial charge in [-0.2, -0.15) is 13.2 Å². The van der Waals surface area contributed by atoms with Gasteiger partial charge in [-0.3, -0.25) is 13.9 Å². The first-order valence-electron chi connectivity index (χ1n) is 14.5. The average Bonchev–Trinajstić information content (AvgIpc) is 3.02. The molecule has 0 bridgehead atoms. The summed E-state index contributed by atoms with van der Waals surface area (Å²) in [5, 5.41) is 2.13. The fourth-order valence-electron chi connectivity index (χ4n) is 4.93. The molecule has 1 N–H and O–H groups in total. The summed E-state index contributed by atoms with van der Waals surface area (Å²) < 4.78 is 71.3. The minimum absolute atomic E-state index is 0.0935. The van der Waals surface area contributed by atoms with Gasteiger partial charge in [0.05, 0.1) is 21.2 Å². The highest BCUT2D eigenvalue weighted by molar-refractivity contribution is 9.10. The topological polar surface area (TPSA) is 86.8 Å². The molecule has 4 rings (SSSR count). The van der Waals surface area contributed by atoms with Gasteiger partial charge in [0.1, 0.15) is 12.6 Å². The molecule has 0 radical (unpaired) electrons. The Hall–Kier alpha value is -3.87. The molecule has 0 heterocycles. The lowest BCUT2D eigenvalue weighted by molar-refractivity contribution is -0.140. The number of rotatable bonds is 12. The van der Waals surface area contributed by atoms with Crippen LogP contribution in [-0.4, -0.2) is 44.3 Å². The number of benzene rings is 4. The Bertz CT molecular complexity index is 1820. The zero-order valence-corrected chi connectivity index (χ0v) is 28.6. The number of carbonyl (C=O) groups is 2. The van der Waals surface area contributed by atoms with Crippen LogP contribution < -0.4 is 9.62 Å². The van der Waals surface area contributed by atoms with Crippen LogP contribution in [0.25, 0.3) is 0 Å². The first-order valence-corrected chi connectivity index (χ1v) is 17.1. The van der Waals surface area contributed by atoms with Crippen molar-refractivity contribution in [2.24, 2.45) is 0 Å². The third kappa shape index (κ3) is 9.15. The van der Waals surface area contributed by atoms with Gasteiger partial charge in [-0.15, -0.1) is 0 Å². The summed E-state index contributed by atoms with van der Waals surface area (Å²) in [6, 6.07) is 23.3. The van der Waals surface area contributed by atoms with Gasteiger partial charge in [-0.25, -0.2) is 8.42 Å². The predicted octanol–water partition coefficient (Wildman–Crippen LogP) is 7.40. The van der Waals surface area contributed by atoms with Gasteiger partial charge in [0.25, 0.3) is 10.0 Å². The van der Waals surface area contributed by atoms with Crippen molar-refractivity contribution >= 4 is 55.1 Å². The van der Waals surface area contributed by atoms with E-state index in [0.717, 1.165) is 23.3 Å². The molecule has 0 aliphatic heterocycles. The largest absolute Gasteiger partial charge is 0.417 e. The highest BCUT2D eigenvalue weighted by Gasteiger charge is 2.37. The van der Waals surface area contributed by atoms with E-state index in [1.54, 1.807) is 74.5 Å². The molecular formula is C34H32BrClF3N3O4S. The van der Waals surface area contributed by atoms with Gasteiger partial charge in [0.15, 0.2) is 0 Å². The third-order valence-electron chi connectivity index (χ3n) is 7.30. The van der Waals surface area contributed by atoms with E-state index in [-0.39, 0.29) is 24.4 Å². The van der Waals surface area contributed by atoms with Crippen LogP contribution in [0.3, 0.4) is 0 Å². The monoisotopic (exact) mass is 749 g/mol. The Morgan fingerprint density at radius 1 is 0.915 bits per heavy atom. The molecule has 0 aliphatic carbocycles. The summed E-state index contributed by atoms with van der Waals surface area (Å²) in [5.41, 5.74) is 0.448. The predicted molar refractivity (Wildman–Crippen MR) is 179 cm³/mol. The van der Waals surface area contributed by atoms with E-state index >= 15 is 0 Å². The summed E-state index contributed by atoms with van der Waals surface area (Å²) in [6.07, 6.45) is -4.81. The van der Waals surface area contributed by atoms with Crippen LogP contribution in [0.2, 0.25) is 5.02 Å². The molecule has 1 atom stereocenters. The number of alkyl halides is 3. The summed E-state index contributed by atoms with van der Waals surface area (Å²) in [5.74, 6) is -1.28. The van der Waals surface area contributed by atoms with Gasteiger partial charge in [0, 0.05) is 24.0 Å². The first kappa shape index (κ1) is 36.0. The highest BCUT2D eigenvalue weighted by Crippen LogP contribution is 2.38. The summed E-state index contributed by atoms with van der Waals surface area (Å²) in [6.45, 7) is 2.74. The normalized spacial score (nSPS) is 12.3. The number of nitrogens with zero attached hydrogens (tertiary/aromatic N) is 2. The first-order chi connectivity index (χ1) is 22.2. The van der Waals surface area contributed by atoms with E-state index in [4.69, 9.17) is 11.6 Å². The van der Waals surface area contributed by atoms with E-state index in [1.807, 2.05) is 6.07 Å².